The summed E-state index contributed by atoms with van der Waals surface area (Å²) in [7, 11) is -3.72. The normalized spacial score (nSPS) is 14.1. The van der Waals surface area contributed by atoms with Gasteiger partial charge in [-0.3, -0.25) is 8.81 Å². The molecule has 0 unspecified atom stereocenters. The van der Waals surface area contributed by atoms with Crippen LogP contribution in [-0.2, 0) is 22.7 Å². The molecule has 5 nitrogen and oxygen atoms in total. The van der Waals surface area contributed by atoms with Crippen molar-refractivity contribution in [2.75, 3.05) is 0 Å². The van der Waals surface area contributed by atoms with Crippen molar-refractivity contribution in [2.24, 2.45) is 0 Å². The van der Waals surface area contributed by atoms with Crippen molar-refractivity contribution in [3.63, 3.8) is 0 Å². The highest BCUT2D eigenvalue weighted by Gasteiger charge is 2.38. The maximum Gasteiger partial charge on any atom is 0.242 e. The third kappa shape index (κ3) is 4.71. The van der Waals surface area contributed by atoms with Gasteiger partial charge in [0, 0.05) is 6.20 Å². The van der Waals surface area contributed by atoms with E-state index in [0.717, 1.165) is 24.0 Å². The van der Waals surface area contributed by atoms with Gasteiger partial charge in [0.15, 0.2) is 5.03 Å². The molecular weight excluding hydrogens is 392 g/mol. The number of nitrogens with zero attached hydrogens (tertiary/aromatic N) is 3. The number of benzene rings is 2. The Labute approximate surface area is 180 Å². The summed E-state index contributed by atoms with van der Waals surface area (Å²) in [6, 6.07) is 22.1. The van der Waals surface area contributed by atoms with E-state index in [1.54, 1.807) is 21.1 Å². The molecule has 1 saturated carbocycles. The van der Waals surface area contributed by atoms with E-state index in [9.17, 15) is 8.42 Å². The lowest BCUT2D eigenvalue weighted by Gasteiger charge is -2.30. The second-order valence-corrected chi connectivity index (χ2v) is 10.1. The van der Waals surface area contributed by atoms with Crippen molar-refractivity contribution in [1.82, 2.24) is 13.9 Å². The summed E-state index contributed by atoms with van der Waals surface area (Å²) in [4.78, 5) is 0. The minimum absolute atomic E-state index is 0.147. The molecule has 0 saturated heterocycles. The van der Waals surface area contributed by atoms with Gasteiger partial charge in [-0.25, -0.2) is 8.42 Å². The van der Waals surface area contributed by atoms with Crippen LogP contribution in [0.1, 0.15) is 30.0 Å². The quantitative estimate of drug-likeness (QED) is 0.493. The molecule has 0 N–H and O–H groups in total. The van der Waals surface area contributed by atoms with Crippen LogP contribution in [0.4, 0.5) is 0 Å². The molecule has 154 valence electrons. The Kier molecular flexibility index (Phi) is 6.16. The zero-order chi connectivity index (χ0) is 21.1. The molecular formula is C22H27B2N3O2S. The Morgan fingerprint density at radius 1 is 0.900 bits per heavy atom. The van der Waals surface area contributed by atoms with E-state index in [1.165, 1.54) is 0 Å². The molecule has 8 heteroatoms. The molecule has 1 heterocycles. The first kappa shape index (κ1) is 20.9. The molecule has 1 fully saturated rings. The Hall–Kier alpha value is -2.31. The van der Waals surface area contributed by atoms with Gasteiger partial charge in [-0.1, -0.05) is 85.4 Å². The summed E-state index contributed by atoms with van der Waals surface area (Å²) in [5, 5.41) is 4.58. The Bertz CT molecular complexity index is 1020. The molecule has 0 aliphatic heterocycles. The van der Waals surface area contributed by atoms with Crippen molar-refractivity contribution in [3.8, 4) is 0 Å². The van der Waals surface area contributed by atoms with Gasteiger partial charge < -0.3 is 0 Å². The molecule has 1 aliphatic rings. The lowest BCUT2D eigenvalue weighted by molar-refractivity contribution is 0.559. The minimum atomic E-state index is -3.72. The summed E-state index contributed by atoms with van der Waals surface area (Å²) in [6.07, 6.45) is 5.25. The smallest absolute Gasteiger partial charge is 0.242 e. The van der Waals surface area contributed by atoms with E-state index in [2.05, 4.69) is 5.10 Å². The fourth-order valence-corrected chi connectivity index (χ4v) is 5.85. The first-order valence-corrected chi connectivity index (χ1v) is 12.1. The molecule has 0 atom stereocenters. The molecule has 0 amide bonds. The lowest BCUT2D eigenvalue weighted by Crippen LogP contribution is -2.52. The lowest BCUT2D eigenvalue weighted by atomic mass is 9.48. The SMILES string of the molecule is CB(Cc1ccccc1)N(B(C)Cc1ccccc1)S(=O)(=O)c1ccn(C2CC2)n1. The zero-order valence-electron chi connectivity index (χ0n) is 17.6. The van der Waals surface area contributed by atoms with E-state index in [0.29, 0.717) is 18.7 Å². The highest BCUT2D eigenvalue weighted by atomic mass is 32.2. The predicted molar refractivity (Wildman–Crippen MR) is 123 cm³/mol. The van der Waals surface area contributed by atoms with Gasteiger partial charge in [-0.15, -0.1) is 0 Å². The number of hydrogen-bond donors (Lipinski definition) is 0. The topological polar surface area (TPSA) is 55.2 Å². The summed E-state index contributed by atoms with van der Waals surface area (Å²) in [5.74, 6) is 0. The van der Waals surface area contributed by atoms with E-state index < -0.39 is 10.0 Å². The van der Waals surface area contributed by atoms with Crippen molar-refractivity contribution >= 4 is 23.7 Å². The molecule has 3 aromatic rings. The van der Waals surface area contributed by atoms with Gasteiger partial charge in [0.05, 0.1) is 6.04 Å². The van der Waals surface area contributed by atoms with Crippen LogP contribution in [0.3, 0.4) is 0 Å². The molecule has 30 heavy (non-hydrogen) atoms. The van der Waals surface area contributed by atoms with Crippen LogP contribution in [0.5, 0.6) is 0 Å². The minimum Gasteiger partial charge on any atom is -0.276 e. The van der Waals surface area contributed by atoms with Crippen LogP contribution in [0.2, 0.25) is 13.6 Å². The second-order valence-electron chi connectivity index (χ2n) is 8.28. The van der Waals surface area contributed by atoms with Crippen LogP contribution in [0.15, 0.2) is 78.0 Å². The third-order valence-corrected chi connectivity index (χ3v) is 7.68. The average Bonchev–Trinajstić information content (AvgIpc) is 3.45. The maximum atomic E-state index is 13.7. The van der Waals surface area contributed by atoms with Crippen molar-refractivity contribution in [2.45, 2.75) is 50.2 Å². The number of hydrogen-bond acceptors (Lipinski definition) is 3. The maximum absolute atomic E-state index is 13.7. The van der Waals surface area contributed by atoms with Crippen LogP contribution in [0, 0.1) is 0 Å². The zero-order valence-corrected chi connectivity index (χ0v) is 18.4. The Morgan fingerprint density at radius 3 is 1.87 bits per heavy atom. The second kappa shape index (κ2) is 8.82. The first-order valence-electron chi connectivity index (χ1n) is 10.6. The van der Waals surface area contributed by atoms with Crippen molar-refractivity contribution < 1.29 is 8.42 Å². The summed E-state index contributed by atoms with van der Waals surface area (Å²) >= 11 is 0. The van der Waals surface area contributed by atoms with Gasteiger partial charge in [-0.05, 0) is 31.5 Å². The van der Waals surface area contributed by atoms with Crippen LogP contribution < -0.4 is 0 Å². The molecule has 1 aromatic heterocycles. The molecule has 2 aromatic carbocycles. The van der Waals surface area contributed by atoms with Gasteiger partial charge in [0.25, 0.3) is 0 Å². The molecule has 4 rings (SSSR count). The molecule has 1 aliphatic carbocycles. The van der Waals surface area contributed by atoms with Gasteiger partial charge >= 0.3 is 0 Å². The van der Waals surface area contributed by atoms with E-state index >= 15 is 0 Å². The summed E-state index contributed by atoms with van der Waals surface area (Å²) in [6.45, 7) is 3.60. The highest BCUT2D eigenvalue weighted by molar-refractivity contribution is 7.91. The van der Waals surface area contributed by atoms with Gasteiger partial charge in [0.2, 0.25) is 23.7 Å². The summed E-state index contributed by atoms with van der Waals surface area (Å²) in [5.41, 5.74) is 2.25. The number of aromatic nitrogens is 2. The van der Waals surface area contributed by atoms with Crippen LogP contribution in [-0.4, -0.2) is 36.0 Å². The van der Waals surface area contributed by atoms with Crippen molar-refractivity contribution in [3.05, 3.63) is 84.1 Å². The summed E-state index contributed by atoms with van der Waals surface area (Å²) < 4.78 is 30.9. The molecule has 0 radical (unpaired) electrons. The van der Waals surface area contributed by atoms with Crippen LogP contribution >= 0.6 is 0 Å². The number of rotatable bonds is 9. The van der Waals surface area contributed by atoms with Gasteiger partial charge in [0.1, 0.15) is 0 Å². The first-order chi connectivity index (χ1) is 14.4. The molecule has 0 bridgehead atoms. The molecule has 0 spiro atoms. The largest absolute Gasteiger partial charge is 0.276 e. The van der Waals surface area contributed by atoms with Gasteiger partial charge in [-0.2, -0.15) is 5.10 Å². The third-order valence-electron chi connectivity index (χ3n) is 5.66. The van der Waals surface area contributed by atoms with Crippen molar-refractivity contribution in [1.29, 1.82) is 0 Å². The number of sulfonamides is 1. The predicted octanol–water partition coefficient (Wildman–Crippen LogP) is 4.02. The Morgan fingerprint density at radius 2 is 1.40 bits per heavy atom. The van der Waals surface area contributed by atoms with E-state index in [-0.39, 0.29) is 18.7 Å². The Balaban J connectivity index is 1.64. The van der Waals surface area contributed by atoms with E-state index in [4.69, 9.17) is 0 Å². The highest BCUT2D eigenvalue weighted by Crippen LogP contribution is 2.34. The fraction of sp³-hybridized carbons (Fsp3) is 0.318. The standard InChI is InChI=1S/C22H27B2N3O2S/c1-23(17-19-9-5-3-6-10-19)27(24(2)18-20-11-7-4-8-12-20)30(28,29)22-15-16-26(25-22)21-13-14-21/h3-12,15-16,21H,13-14,17-18H2,1-2H3. The monoisotopic (exact) mass is 419 g/mol. The van der Waals surface area contributed by atoms with Crippen LogP contribution in [0.25, 0.3) is 0 Å². The van der Waals surface area contributed by atoms with E-state index in [1.807, 2.05) is 74.3 Å². The average molecular weight is 419 g/mol. The fourth-order valence-electron chi connectivity index (χ4n) is 4.11.